The van der Waals surface area contributed by atoms with Crippen LogP contribution in [0.15, 0.2) is 0 Å². The Morgan fingerprint density at radius 3 is 0.329 bits per heavy atom. The second-order valence-electron chi connectivity index (χ2n) is 13.7. The van der Waals surface area contributed by atoms with Crippen LogP contribution in [0.5, 0.6) is 0 Å². The van der Waals surface area contributed by atoms with Gasteiger partial charge in [0.1, 0.15) is 0 Å². The molecule has 0 heterocycles. The molecular weight excluding hydrogens is 1110 g/mol. The zero-order valence-corrected chi connectivity index (χ0v) is 34.0. The molecule has 0 spiro atoms. The first kappa shape index (κ1) is 55.9. The summed E-state index contributed by atoms with van der Waals surface area (Å²) in [7, 11) is 0. The maximum absolute atomic E-state index is 15.6. The van der Waals surface area contributed by atoms with Crippen LogP contribution in [0.4, 0.5) is 132 Å². The van der Waals surface area contributed by atoms with Gasteiger partial charge in [0.25, 0.3) is 0 Å². The molecule has 0 bridgehead atoms. The van der Waals surface area contributed by atoms with Crippen molar-refractivity contribution in [3.05, 3.63) is 208 Å². The number of hydrogen-bond acceptors (Lipinski definition) is 3. The molecule has 0 fully saturated rings. The van der Waals surface area contributed by atoms with Gasteiger partial charge in [0.2, 0.25) is 34.9 Å². The third-order valence-electron chi connectivity index (χ3n) is 9.78. The average molecular weight is 1120 g/mol. The minimum Gasteiger partial charge on any atom is -0.444 e. The summed E-state index contributed by atoms with van der Waals surface area (Å²) in [4.78, 5) is 0. The van der Waals surface area contributed by atoms with Gasteiger partial charge in [-0.2, -0.15) is 0 Å². The van der Waals surface area contributed by atoms with Gasteiger partial charge < -0.3 is 11.4 Å². The molecule has 0 radical (unpaired) electrons. The van der Waals surface area contributed by atoms with Gasteiger partial charge in [-0.3, -0.25) is 0 Å². The number of benzene rings is 6. The van der Waals surface area contributed by atoms with E-state index in [1.807, 2.05) is 0 Å². The Hall–Kier alpha value is -6.37. The van der Waals surface area contributed by atoms with Crippen LogP contribution in [0.25, 0.3) is 0 Å². The molecule has 0 atom stereocenters. The number of halogens is 30. The van der Waals surface area contributed by atoms with E-state index in [4.69, 9.17) is 0 Å². The van der Waals surface area contributed by atoms with Gasteiger partial charge in [-0.05, 0) is 0 Å². The van der Waals surface area contributed by atoms with Gasteiger partial charge in [0.05, 0.1) is 51.7 Å². The third-order valence-corrected chi connectivity index (χ3v) is 11.3. The van der Waals surface area contributed by atoms with Crippen molar-refractivity contribution in [3.8, 4) is 0 Å². The summed E-state index contributed by atoms with van der Waals surface area (Å²) in [6.45, 7) is 0. The largest absolute Gasteiger partial charge is 0.907 e. The van der Waals surface area contributed by atoms with Crippen LogP contribution < -0.4 is 0 Å². The summed E-state index contributed by atoms with van der Waals surface area (Å²) >= 11 is -7.47. The van der Waals surface area contributed by atoms with Crippen LogP contribution >= 0.6 is 0 Å². The standard InChI is InChI=1S/3C13HF10O.Al/c3*14-3-1(4(15)8(19)11(22)7(3)18)13(24)2-5(16)9(20)12(23)10(21)6(2)17;/h3*13H;/q3*-1;+3. The van der Waals surface area contributed by atoms with Crippen LogP contribution in [0, 0.1) is 175 Å². The van der Waals surface area contributed by atoms with E-state index in [1.165, 1.54) is 0 Å². The molecule has 6 aromatic rings. The van der Waals surface area contributed by atoms with Gasteiger partial charge in [-0.15, -0.1) is 0 Å². The maximum Gasteiger partial charge on any atom is 0.907 e. The summed E-state index contributed by atoms with van der Waals surface area (Å²) < 4.78 is 463. The molecule has 6 rings (SSSR count). The SMILES string of the molecule is Fc1c(F)c(F)c(C([O][Al]([O]C(c2c(F)c(F)c(F)c(F)c2F)c2c(F)c(F)c(F)c(F)c2F)[O]C(c2c(F)c(F)c(F)c(F)c2F)c2c(F)c(F)c(F)c(F)c2F)c2c(F)c(F)c(F)c(F)c2F)c(F)c1F. The van der Waals surface area contributed by atoms with E-state index in [0.717, 1.165) is 0 Å². The maximum atomic E-state index is 15.6. The Labute approximate surface area is 384 Å². The highest BCUT2D eigenvalue weighted by Crippen LogP contribution is 2.46. The van der Waals surface area contributed by atoms with Crippen molar-refractivity contribution in [2.24, 2.45) is 0 Å². The number of hydrogen-bond donors (Lipinski definition) is 0. The second-order valence-corrected chi connectivity index (χ2v) is 15.1. The molecule has 0 unspecified atom stereocenters. The second kappa shape index (κ2) is 20.2. The summed E-state index contributed by atoms with van der Waals surface area (Å²) in [5.41, 5.74) is -19.8. The molecule has 0 saturated carbocycles. The lowest BCUT2D eigenvalue weighted by Crippen LogP contribution is -2.37. The lowest BCUT2D eigenvalue weighted by molar-refractivity contribution is 0.0220. The molecule has 0 aromatic heterocycles. The van der Waals surface area contributed by atoms with Gasteiger partial charge in [-0.25, -0.2) is 132 Å². The first-order valence-electron chi connectivity index (χ1n) is 17.8. The van der Waals surface area contributed by atoms with Crippen molar-refractivity contribution < 1.29 is 143 Å². The van der Waals surface area contributed by atoms with Crippen LogP contribution in [-0.4, -0.2) is 15.1 Å². The minimum absolute atomic E-state index is 3.31. The summed E-state index contributed by atoms with van der Waals surface area (Å²) in [6.07, 6.45) is -14.6. The first-order valence-corrected chi connectivity index (χ1v) is 19.2. The van der Waals surface area contributed by atoms with Crippen LogP contribution in [0.1, 0.15) is 51.7 Å². The van der Waals surface area contributed by atoms with Crippen molar-refractivity contribution in [1.82, 2.24) is 0 Å². The Morgan fingerprint density at radius 1 is 0.151 bits per heavy atom. The van der Waals surface area contributed by atoms with E-state index in [1.54, 1.807) is 0 Å². The van der Waals surface area contributed by atoms with E-state index in [2.05, 4.69) is 11.4 Å². The Bertz CT molecular complexity index is 2600. The quantitative estimate of drug-likeness (QED) is 0.0529. The molecule has 0 saturated heterocycles. The summed E-state index contributed by atoms with van der Waals surface area (Å²) in [5, 5.41) is 0. The normalized spacial score (nSPS) is 12.0. The van der Waals surface area contributed by atoms with Gasteiger partial charge in [-0.1, -0.05) is 0 Å². The smallest absolute Gasteiger partial charge is 0.444 e. The zero-order chi connectivity index (χ0) is 55.2. The fourth-order valence-corrected chi connectivity index (χ4v) is 8.06. The molecule has 6 aromatic carbocycles. The zero-order valence-electron chi connectivity index (χ0n) is 32.9. The summed E-state index contributed by atoms with van der Waals surface area (Å²) in [5.74, 6) is -106. The molecule has 0 amide bonds. The molecule has 0 aliphatic rings. The van der Waals surface area contributed by atoms with Crippen LogP contribution in [-0.2, 0) is 11.4 Å². The van der Waals surface area contributed by atoms with Gasteiger partial charge in [0, 0.05) is 0 Å². The third kappa shape index (κ3) is 8.81. The highest BCUT2D eigenvalue weighted by atomic mass is 27.3. The predicted octanol–water partition coefficient (Wildman–Crippen LogP) is 13.6. The van der Waals surface area contributed by atoms with Crippen molar-refractivity contribution >= 4 is 15.1 Å². The summed E-state index contributed by atoms with van der Waals surface area (Å²) in [6, 6.07) is 0. The van der Waals surface area contributed by atoms with Gasteiger partial charge >= 0.3 is 15.1 Å². The molecule has 0 aliphatic carbocycles. The van der Waals surface area contributed by atoms with Crippen LogP contribution in [0.2, 0.25) is 0 Å². The number of rotatable bonds is 12. The fourth-order valence-electron chi connectivity index (χ4n) is 6.38. The predicted molar refractivity (Wildman–Crippen MR) is 172 cm³/mol. The molecule has 73 heavy (non-hydrogen) atoms. The lowest BCUT2D eigenvalue weighted by atomic mass is 9.98. The van der Waals surface area contributed by atoms with Crippen molar-refractivity contribution in [2.45, 2.75) is 18.3 Å². The highest BCUT2D eigenvalue weighted by molar-refractivity contribution is 6.36. The molecule has 0 N–H and O–H groups in total. The van der Waals surface area contributed by atoms with E-state index >= 15 is 52.7 Å². The van der Waals surface area contributed by atoms with Crippen molar-refractivity contribution in [1.29, 1.82) is 0 Å². The lowest BCUT2D eigenvalue weighted by Gasteiger charge is -2.31. The van der Waals surface area contributed by atoms with Crippen LogP contribution in [0.3, 0.4) is 0 Å². The van der Waals surface area contributed by atoms with Gasteiger partial charge in [0.15, 0.2) is 140 Å². The van der Waals surface area contributed by atoms with E-state index in [9.17, 15) is 79.0 Å². The van der Waals surface area contributed by atoms with Crippen molar-refractivity contribution in [3.63, 3.8) is 0 Å². The molecular formula is C39H3AlF30O3. The fraction of sp³-hybridized carbons (Fsp3) is 0.0769. The minimum atomic E-state index is -7.47. The Balaban J connectivity index is 1.87. The Morgan fingerprint density at radius 2 is 0.233 bits per heavy atom. The first-order chi connectivity index (χ1) is 33.8. The molecule has 3 nitrogen and oxygen atoms in total. The molecule has 0 aliphatic heterocycles. The highest BCUT2D eigenvalue weighted by Gasteiger charge is 2.51. The monoisotopic (exact) mass is 1120 g/mol. The van der Waals surface area contributed by atoms with E-state index in [0.29, 0.717) is 0 Å². The molecule has 34 heteroatoms. The van der Waals surface area contributed by atoms with Crippen molar-refractivity contribution in [2.75, 3.05) is 0 Å². The molecule has 390 valence electrons. The Kier molecular flexibility index (Phi) is 15.4. The topological polar surface area (TPSA) is 27.7 Å². The van der Waals surface area contributed by atoms with E-state index < -0.39 is 241 Å². The average Bonchev–Trinajstić information content (AvgIpc) is 3.35. The van der Waals surface area contributed by atoms with E-state index in [-0.39, 0.29) is 0 Å².